The number of nitrogens with zero attached hydrogens (tertiary/aromatic N) is 1. The van der Waals surface area contributed by atoms with E-state index < -0.39 is 0 Å². The van der Waals surface area contributed by atoms with Crippen LogP contribution in [0, 0.1) is 13.8 Å². The van der Waals surface area contributed by atoms with Gasteiger partial charge in [0.05, 0.1) is 17.6 Å². The summed E-state index contributed by atoms with van der Waals surface area (Å²) < 4.78 is 10.9. The molecule has 1 amide bonds. The van der Waals surface area contributed by atoms with Gasteiger partial charge in [-0.3, -0.25) is 4.79 Å². The molecule has 0 fully saturated rings. The quantitative estimate of drug-likeness (QED) is 0.798. The van der Waals surface area contributed by atoms with Crippen LogP contribution in [0.4, 0.5) is 0 Å². The smallest absolute Gasteiger partial charge is 0.231 e. The summed E-state index contributed by atoms with van der Waals surface area (Å²) >= 11 is 0. The molecule has 25 heavy (non-hydrogen) atoms. The SMILES string of the molecule is Cc1cc2c(cc1-c1cc(C)c3ccc(CC(N)=O)cc3n1)OCO2. The maximum Gasteiger partial charge on any atom is 0.231 e. The zero-order valence-electron chi connectivity index (χ0n) is 14.1. The lowest BCUT2D eigenvalue weighted by Crippen LogP contribution is -2.13. The van der Waals surface area contributed by atoms with E-state index in [2.05, 4.69) is 13.0 Å². The Morgan fingerprint density at radius 1 is 1.08 bits per heavy atom. The molecule has 126 valence electrons. The summed E-state index contributed by atoms with van der Waals surface area (Å²) in [6.45, 7) is 4.34. The molecule has 2 aromatic carbocycles. The van der Waals surface area contributed by atoms with Crippen LogP contribution in [0.5, 0.6) is 11.5 Å². The van der Waals surface area contributed by atoms with Gasteiger partial charge in [0.2, 0.25) is 12.7 Å². The number of carbonyl (C=O) groups is 1. The maximum atomic E-state index is 11.2. The maximum absolute atomic E-state index is 11.2. The molecule has 0 unspecified atom stereocenters. The monoisotopic (exact) mass is 334 g/mol. The Labute approximate surface area is 145 Å². The van der Waals surface area contributed by atoms with Crippen LogP contribution in [-0.4, -0.2) is 17.7 Å². The van der Waals surface area contributed by atoms with E-state index in [1.54, 1.807) is 0 Å². The topological polar surface area (TPSA) is 74.4 Å². The molecular formula is C20H18N2O3. The van der Waals surface area contributed by atoms with Crippen LogP contribution in [-0.2, 0) is 11.2 Å². The van der Waals surface area contributed by atoms with Gasteiger partial charge in [-0.05, 0) is 54.8 Å². The van der Waals surface area contributed by atoms with Gasteiger partial charge in [-0.1, -0.05) is 12.1 Å². The fourth-order valence-electron chi connectivity index (χ4n) is 3.22. The first-order chi connectivity index (χ1) is 12.0. The Bertz CT molecular complexity index is 1010. The van der Waals surface area contributed by atoms with Crippen molar-refractivity contribution in [2.45, 2.75) is 20.3 Å². The van der Waals surface area contributed by atoms with E-state index in [1.807, 2.05) is 37.3 Å². The highest BCUT2D eigenvalue weighted by Gasteiger charge is 2.17. The minimum atomic E-state index is -0.348. The summed E-state index contributed by atoms with van der Waals surface area (Å²) in [5.74, 6) is 1.16. The summed E-state index contributed by atoms with van der Waals surface area (Å²) in [7, 11) is 0. The van der Waals surface area contributed by atoms with Crippen molar-refractivity contribution >= 4 is 16.8 Å². The van der Waals surface area contributed by atoms with Gasteiger partial charge in [0.15, 0.2) is 11.5 Å². The second-order valence-corrected chi connectivity index (χ2v) is 6.34. The van der Waals surface area contributed by atoms with Crippen LogP contribution in [0.1, 0.15) is 16.7 Å². The van der Waals surface area contributed by atoms with Gasteiger partial charge in [-0.2, -0.15) is 0 Å². The standard InChI is InChI=1S/C20H18N2O3/c1-11-5-16(15-9-19-18(6-12(15)2)24-10-25-19)22-17-7-13(8-20(21)23)3-4-14(11)17/h3-7,9H,8,10H2,1-2H3,(H2,21,23). The second-order valence-electron chi connectivity index (χ2n) is 6.34. The summed E-state index contributed by atoms with van der Waals surface area (Å²) in [5, 5.41) is 1.07. The summed E-state index contributed by atoms with van der Waals surface area (Å²) in [6.07, 6.45) is 0.212. The van der Waals surface area contributed by atoms with E-state index in [0.29, 0.717) is 0 Å². The van der Waals surface area contributed by atoms with Gasteiger partial charge < -0.3 is 15.2 Å². The first-order valence-corrected chi connectivity index (χ1v) is 8.10. The van der Waals surface area contributed by atoms with Crippen LogP contribution in [0.3, 0.4) is 0 Å². The number of aromatic nitrogens is 1. The molecule has 0 atom stereocenters. The van der Waals surface area contributed by atoms with Gasteiger partial charge in [-0.15, -0.1) is 0 Å². The molecule has 0 radical (unpaired) electrons. The number of amides is 1. The molecule has 0 saturated carbocycles. The predicted octanol–water partition coefficient (Wildman–Crippen LogP) is 3.28. The number of carbonyl (C=O) groups excluding carboxylic acids is 1. The van der Waals surface area contributed by atoms with E-state index in [-0.39, 0.29) is 19.1 Å². The average molecular weight is 334 g/mol. The number of aryl methyl sites for hydroxylation is 2. The minimum Gasteiger partial charge on any atom is -0.454 e. The highest BCUT2D eigenvalue weighted by Crippen LogP contribution is 2.38. The molecule has 1 aromatic heterocycles. The number of ether oxygens (including phenoxy) is 2. The summed E-state index contributed by atoms with van der Waals surface area (Å²) in [5.41, 5.74) is 11.1. The fourth-order valence-corrected chi connectivity index (χ4v) is 3.22. The van der Waals surface area contributed by atoms with Crippen molar-refractivity contribution in [3.05, 3.63) is 53.1 Å². The normalized spacial score (nSPS) is 12.6. The van der Waals surface area contributed by atoms with Gasteiger partial charge >= 0.3 is 0 Å². The first-order valence-electron chi connectivity index (χ1n) is 8.10. The van der Waals surface area contributed by atoms with Gasteiger partial charge in [-0.25, -0.2) is 4.98 Å². The number of nitrogens with two attached hydrogens (primary N) is 1. The summed E-state index contributed by atoms with van der Waals surface area (Å²) in [4.78, 5) is 16.0. The first kappa shape index (κ1) is 15.4. The zero-order chi connectivity index (χ0) is 17.6. The fraction of sp³-hybridized carbons (Fsp3) is 0.200. The molecule has 4 rings (SSSR count). The molecule has 1 aliphatic heterocycles. The number of hydrogen-bond donors (Lipinski definition) is 1. The minimum absolute atomic E-state index is 0.212. The third-order valence-electron chi connectivity index (χ3n) is 4.45. The Morgan fingerprint density at radius 2 is 1.84 bits per heavy atom. The Balaban J connectivity index is 1.86. The van der Waals surface area contributed by atoms with E-state index in [4.69, 9.17) is 20.2 Å². The lowest BCUT2D eigenvalue weighted by Gasteiger charge is -2.11. The third kappa shape index (κ3) is 2.78. The Kier molecular flexibility index (Phi) is 3.57. The average Bonchev–Trinajstić information content (AvgIpc) is 3.00. The van der Waals surface area contributed by atoms with Gasteiger partial charge in [0.25, 0.3) is 0 Å². The predicted molar refractivity (Wildman–Crippen MR) is 95.7 cm³/mol. The number of primary amides is 1. The molecule has 1 aliphatic rings. The molecular weight excluding hydrogens is 316 g/mol. The number of hydrogen-bond acceptors (Lipinski definition) is 4. The van der Waals surface area contributed by atoms with Crippen LogP contribution >= 0.6 is 0 Å². The van der Waals surface area contributed by atoms with Crippen molar-refractivity contribution < 1.29 is 14.3 Å². The van der Waals surface area contributed by atoms with Crippen molar-refractivity contribution in [2.24, 2.45) is 5.73 Å². The van der Waals surface area contributed by atoms with Crippen molar-refractivity contribution in [3.8, 4) is 22.8 Å². The molecule has 0 aliphatic carbocycles. The van der Waals surface area contributed by atoms with E-state index >= 15 is 0 Å². The molecule has 0 spiro atoms. The number of fused-ring (bicyclic) bond motifs is 2. The zero-order valence-corrected chi connectivity index (χ0v) is 14.1. The number of rotatable bonds is 3. The van der Waals surface area contributed by atoms with Crippen LogP contribution < -0.4 is 15.2 Å². The van der Waals surface area contributed by atoms with Gasteiger partial charge in [0, 0.05) is 10.9 Å². The van der Waals surface area contributed by atoms with Crippen molar-refractivity contribution in [2.75, 3.05) is 6.79 Å². The van der Waals surface area contributed by atoms with Crippen LogP contribution in [0.15, 0.2) is 36.4 Å². The Morgan fingerprint density at radius 3 is 2.60 bits per heavy atom. The van der Waals surface area contributed by atoms with Crippen molar-refractivity contribution in [1.82, 2.24) is 4.98 Å². The largest absolute Gasteiger partial charge is 0.454 e. The molecule has 0 saturated heterocycles. The lowest BCUT2D eigenvalue weighted by atomic mass is 10.00. The van der Waals surface area contributed by atoms with E-state index in [1.165, 1.54) is 0 Å². The molecule has 0 bridgehead atoms. The molecule has 5 nitrogen and oxygen atoms in total. The van der Waals surface area contributed by atoms with E-state index in [0.717, 1.165) is 50.3 Å². The highest BCUT2D eigenvalue weighted by molar-refractivity contribution is 5.87. The van der Waals surface area contributed by atoms with E-state index in [9.17, 15) is 4.79 Å². The number of benzene rings is 2. The summed E-state index contributed by atoms with van der Waals surface area (Å²) in [6, 6.07) is 11.9. The lowest BCUT2D eigenvalue weighted by molar-refractivity contribution is -0.117. The Hall–Kier alpha value is -3.08. The number of pyridine rings is 1. The van der Waals surface area contributed by atoms with Crippen molar-refractivity contribution in [3.63, 3.8) is 0 Å². The molecule has 3 aromatic rings. The second kappa shape index (κ2) is 5.77. The van der Waals surface area contributed by atoms with Crippen molar-refractivity contribution in [1.29, 1.82) is 0 Å². The van der Waals surface area contributed by atoms with Crippen LogP contribution in [0.2, 0.25) is 0 Å². The molecule has 2 N–H and O–H groups in total. The van der Waals surface area contributed by atoms with Gasteiger partial charge in [0.1, 0.15) is 0 Å². The van der Waals surface area contributed by atoms with Crippen LogP contribution in [0.25, 0.3) is 22.2 Å². The highest BCUT2D eigenvalue weighted by atomic mass is 16.7. The molecule has 5 heteroatoms. The molecule has 2 heterocycles. The third-order valence-corrected chi connectivity index (χ3v) is 4.45.